The molecule has 1 amide bonds. The van der Waals surface area contributed by atoms with E-state index in [1.165, 1.54) is 0 Å². The summed E-state index contributed by atoms with van der Waals surface area (Å²) in [6.07, 6.45) is 0. The fourth-order valence-electron chi connectivity index (χ4n) is 2.40. The lowest BCUT2D eigenvalue weighted by molar-refractivity contribution is -0.118. The summed E-state index contributed by atoms with van der Waals surface area (Å²) >= 11 is 6.78. The highest BCUT2D eigenvalue weighted by atomic mass is 79.9. The van der Waals surface area contributed by atoms with E-state index in [2.05, 4.69) is 37.2 Å². The molecule has 0 aromatic heterocycles. The number of para-hydroxylation sites is 1. The van der Waals surface area contributed by atoms with Gasteiger partial charge in [0.25, 0.3) is 5.91 Å². The van der Waals surface area contributed by atoms with E-state index in [0.29, 0.717) is 30.4 Å². The van der Waals surface area contributed by atoms with Gasteiger partial charge in [0.2, 0.25) is 0 Å². The molecule has 7 heteroatoms. The second kappa shape index (κ2) is 10.9. The van der Waals surface area contributed by atoms with Crippen LogP contribution >= 0.6 is 31.9 Å². The summed E-state index contributed by atoms with van der Waals surface area (Å²) in [7, 11) is 0. The van der Waals surface area contributed by atoms with Crippen molar-refractivity contribution in [2.24, 2.45) is 0 Å². The Hall–Kier alpha value is -2.51. The van der Waals surface area contributed by atoms with Crippen LogP contribution < -0.4 is 19.5 Å². The molecule has 5 nitrogen and oxygen atoms in total. The van der Waals surface area contributed by atoms with Gasteiger partial charge in [-0.3, -0.25) is 4.79 Å². The highest BCUT2D eigenvalue weighted by Crippen LogP contribution is 2.28. The van der Waals surface area contributed by atoms with Gasteiger partial charge in [-0.1, -0.05) is 34.1 Å². The molecule has 3 aromatic rings. The molecule has 0 aliphatic rings. The Balaban J connectivity index is 1.39. The van der Waals surface area contributed by atoms with Crippen LogP contribution in [0.3, 0.4) is 0 Å². The summed E-state index contributed by atoms with van der Waals surface area (Å²) in [6, 6.07) is 22.2. The zero-order valence-electron chi connectivity index (χ0n) is 15.4. The average Bonchev–Trinajstić information content (AvgIpc) is 2.72. The molecule has 1 N–H and O–H groups in total. The molecule has 3 rings (SSSR count). The molecule has 0 aliphatic heterocycles. The Morgan fingerprint density at radius 1 is 0.793 bits per heavy atom. The highest BCUT2D eigenvalue weighted by molar-refractivity contribution is 9.11. The molecule has 150 valence electrons. The highest BCUT2D eigenvalue weighted by Gasteiger charge is 2.07. The van der Waals surface area contributed by atoms with Crippen LogP contribution in [0.25, 0.3) is 0 Å². The van der Waals surface area contributed by atoms with Gasteiger partial charge < -0.3 is 19.5 Å². The van der Waals surface area contributed by atoms with Crippen molar-refractivity contribution in [2.45, 2.75) is 0 Å². The normalized spacial score (nSPS) is 10.3. The minimum Gasteiger partial charge on any atom is -0.490 e. The molecule has 0 heterocycles. The van der Waals surface area contributed by atoms with Crippen LogP contribution in [0.1, 0.15) is 0 Å². The fraction of sp³-hybridized carbons (Fsp3) is 0.136. The molecule has 0 spiro atoms. The number of nitrogens with one attached hydrogen (secondary N) is 1. The number of amides is 1. The molecule has 0 bridgehead atoms. The lowest BCUT2D eigenvalue weighted by Crippen LogP contribution is -2.20. The second-order valence-electron chi connectivity index (χ2n) is 5.95. The molecular formula is C22H19Br2NO4. The molecule has 0 atom stereocenters. The Morgan fingerprint density at radius 2 is 1.45 bits per heavy atom. The van der Waals surface area contributed by atoms with E-state index in [-0.39, 0.29) is 12.5 Å². The van der Waals surface area contributed by atoms with E-state index in [1.807, 2.05) is 42.5 Å². The van der Waals surface area contributed by atoms with Crippen LogP contribution in [0.4, 0.5) is 5.69 Å². The van der Waals surface area contributed by atoms with Crippen LogP contribution in [0.5, 0.6) is 17.2 Å². The van der Waals surface area contributed by atoms with Crippen molar-refractivity contribution in [3.63, 3.8) is 0 Å². The first-order valence-corrected chi connectivity index (χ1v) is 10.5. The van der Waals surface area contributed by atoms with Crippen molar-refractivity contribution >= 4 is 43.5 Å². The summed E-state index contributed by atoms with van der Waals surface area (Å²) in [4.78, 5) is 12.1. The van der Waals surface area contributed by atoms with Crippen LogP contribution in [0.2, 0.25) is 0 Å². The smallest absolute Gasteiger partial charge is 0.262 e. The van der Waals surface area contributed by atoms with Gasteiger partial charge in [-0.2, -0.15) is 0 Å². The van der Waals surface area contributed by atoms with Crippen LogP contribution in [0, 0.1) is 0 Å². The van der Waals surface area contributed by atoms with Crippen molar-refractivity contribution in [2.75, 3.05) is 25.1 Å². The lowest BCUT2D eigenvalue weighted by Gasteiger charge is -2.10. The van der Waals surface area contributed by atoms with E-state index in [9.17, 15) is 4.79 Å². The molecular weight excluding hydrogens is 502 g/mol. The first-order chi connectivity index (χ1) is 14.1. The van der Waals surface area contributed by atoms with Crippen molar-refractivity contribution in [1.29, 1.82) is 0 Å². The SMILES string of the molecule is O=C(COc1ccc(Br)cc1Br)Nc1ccc(OCCOc2ccccc2)cc1. The number of halogens is 2. The molecule has 0 radical (unpaired) electrons. The summed E-state index contributed by atoms with van der Waals surface area (Å²) in [5, 5.41) is 2.79. The maximum Gasteiger partial charge on any atom is 0.262 e. The van der Waals surface area contributed by atoms with E-state index < -0.39 is 0 Å². The van der Waals surface area contributed by atoms with Gasteiger partial charge in [0.15, 0.2) is 6.61 Å². The molecule has 3 aromatic carbocycles. The molecule has 0 fully saturated rings. The average molecular weight is 521 g/mol. The minimum atomic E-state index is -0.246. The zero-order valence-corrected chi connectivity index (χ0v) is 18.6. The fourth-order valence-corrected chi connectivity index (χ4v) is 3.56. The summed E-state index contributed by atoms with van der Waals surface area (Å²) in [5.41, 5.74) is 0.668. The Morgan fingerprint density at radius 3 is 2.10 bits per heavy atom. The van der Waals surface area contributed by atoms with Gasteiger partial charge in [0, 0.05) is 10.2 Å². The van der Waals surface area contributed by atoms with Gasteiger partial charge >= 0.3 is 0 Å². The van der Waals surface area contributed by atoms with Crippen LogP contribution in [-0.2, 0) is 4.79 Å². The molecule has 0 saturated carbocycles. The number of carbonyl (C=O) groups excluding carboxylic acids is 1. The number of rotatable bonds is 9. The maximum atomic E-state index is 12.1. The van der Waals surface area contributed by atoms with E-state index in [0.717, 1.165) is 14.7 Å². The third-order valence-electron chi connectivity index (χ3n) is 3.75. The van der Waals surface area contributed by atoms with Gasteiger partial charge in [-0.25, -0.2) is 0 Å². The molecule has 0 saturated heterocycles. The Bertz CT molecular complexity index is 933. The van der Waals surface area contributed by atoms with Crippen LogP contribution in [-0.4, -0.2) is 25.7 Å². The number of carbonyl (C=O) groups is 1. The first kappa shape index (κ1) is 21.2. The topological polar surface area (TPSA) is 56.8 Å². The van der Waals surface area contributed by atoms with E-state index in [1.54, 1.807) is 30.3 Å². The summed E-state index contributed by atoms with van der Waals surface area (Å²) < 4.78 is 18.5. The Kier molecular flexibility index (Phi) is 7.95. The quantitative estimate of drug-likeness (QED) is 0.368. The predicted molar refractivity (Wildman–Crippen MR) is 120 cm³/mol. The van der Waals surface area contributed by atoms with Gasteiger partial charge in [0.1, 0.15) is 30.5 Å². The van der Waals surface area contributed by atoms with E-state index in [4.69, 9.17) is 14.2 Å². The monoisotopic (exact) mass is 519 g/mol. The summed E-state index contributed by atoms with van der Waals surface area (Å²) in [6.45, 7) is 0.789. The Labute approximate surface area is 186 Å². The van der Waals surface area contributed by atoms with Crippen molar-refractivity contribution in [3.8, 4) is 17.2 Å². The van der Waals surface area contributed by atoms with E-state index >= 15 is 0 Å². The molecule has 0 unspecified atom stereocenters. The molecule has 29 heavy (non-hydrogen) atoms. The predicted octanol–water partition coefficient (Wildman–Crippen LogP) is 5.69. The standard InChI is InChI=1S/C22H19Br2NO4/c23-16-6-11-21(20(24)14-16)29-15-22(26)25-17-7-9-19(10-8-17)28-13-12-27-18-4-2-1-3-5-18/h1-11,14H,12-13,15H2,(H,25,26). The lowest BCUT2D eigenvalue weighted by atomic mass is 10.3. The van der Waals surface area contributed by atoms with Crippen molar-refractivity contribution in [3.05, 3.63) is 81.7 Å². The second-order valence-corrected chi connectivity index (χ2v) is 7.72. The summed E-state index contributed by atoms with van der Waals surface area (Å²) in [5.74, 6) is 1.87. The number of ether oxygens (including phenoxy) is 3. The minimum absolute atomic E-state index is 0.0880. The third kappa shape index (κ3) is 7.11. The van der Waals surface area contributed by atoms with Gasteiger partial charge in [0.05, 0.1) is 4.47 Å². The maximum absolute atomic E-state index is 12.1. The number of benzene rings is 3. The number of hydrogen-bond donors (Lipinski definition) is 1. The van der Waals surface area contributed by atoms with Gasteiger partial charge in [-0.15, -0.1) is 0 Å². The number of anilines is 1. The van der Waals surface area contributed by atoms with Crippen molar-refractivity contribution in [1.82, 2.24) is 0 Å². The van der Waals surface area contributed by atoms with Crippen molar-refractivity contribution < 1.29 is 19.0 Å². The first-order valence-electron chi connectivity index (χ1n) is 8.88. The third-order valence-corrected chi connectivity index (χ3v) is 4.87. The van der Waals surface area contributed by atoms with Gasteiger partial charge in [-0.05, 0) is 70.5 Å². The molecule has 0 aliphatic carbocycles. The number of hydrogen-bond acceptors (Lipinski definition) is 4. The largest absolute Gasteiger partial charge is 0.490 e. The van der Waals surface area contributed by atoms with Crippen LogP contribution in [0.15, 0.2) is 81.7 Å². The zero-order chi connectivity index (χ0) is 20.5.